The van der Waals surface area contributed by atoms with E-state index >= 15 is 0 Å². The van der Waals surface area contributed by atoms with E-state index in [2.05, 4.69) is 4.72 Å². The van der Waals surface area contributed by atoms with Gasteiger partial charge in [-0.15, -0.1) is 0 Å². The molecule has 0 aliphatic rings. The van der Waals surface area contributed by atoms with E-state index in [9.17, 15) is 8.42 Å². The van der Waals surface area contributed by atoms with Crippen LogP contribution in [0.5, 0.6) is 0 Å². The lowest BCUT2D eigenvalue weighted by Gasteiger charge is -1.98. The minimum atomic E-state index is -3.04. The third-order valence-corrected chi connectivity index (χ3v) is 2.82. The smallest absolute Gasteiger partial charge is 0.212 e. The SMILES string of the molecule is CCS(=O)(=O)NCSCl. The minimum absolute atomic E-state index is 0.102. The molecule has 0 atom stereocenters. The van der Waals surface area contributed by atoms with Crippen LogP contribution in [-0.2, 0) is 10.0 Å². The zero-order valence-electron chi connectivity index (χ0n) is 4.93. The van der Waals surface area contributed by atoms with Crippen LogP contribution < -0.4 is 4.72 Å². The Bertz CT molecular complexity index is 155. The zero-order valence-corrected chi connectivity index (χ0v) is 7.31. The van der Waals surface area contributed by atoms with Gasteiger partial charge in [-0.2, -0.15) is 0 Å². The normalized spacial score (nSPS) is 11.8. The molecule has 0 spiro atoms. The highest BCUT2D eigenvalue weighted by atomic mass is 35.7. The van der Waals surface area contributed by atoms with Gasteiger partial charge in [-0.1, -0.05) is 0 Å². The molecule has 0 heterocycles. The van der Waals surface area contributed by atoms with Crippen LogP contribution in [0.2, 0.25) is 0 Å². The summed E-state index contributed by atoms with van der Waals surface area (Å²) in [5, 5.41) is 0. The van der Waals surface area contributed by atoms with E-state index in [1.165, 1.54) is 0 Å². The van der Waals surface area contributed by atoms with Crippen LogP contribution >= 0.6 is 21.7 Å². The zero-order chi connectivity index (χ0) is 7.33. The van der Waals surface area contributed by atoms with Gasteiger partial charge in [0.2, 0.25) is 10.0 Å². The minimum Gasteiger partial charge on any atom is -0.212 e. The van der Waals surface area contributed by atoms with Crippen LogP contribution in [-0.4, -0.2) is 20.0 Å². The largest absolute Gasteiger partial charge is 0.212 e. The second-order valence-corrected chi connectivity index (χ2v) is 4.56. The van der Waals surface area contributed by atoms with Crippen LogP contribution in [0.15, 0.2) is 0 Å². The molecule has 0 aromatic carbocycles. The van der Waals surface area contributed by atoms with Crippen LogP contribution in [0, 0.1) is 0 Å². The fourth-order valence-electron chi connectivity index (χ4n) is 0.214. The number of sulfonamides is 1. The first-order chi connectivity index (χ1) is 4.12. The molecule has 0 bridgehead atoms. The van der Waals surface area contributed by atoms with E-state index in [-0.39, 0.29) is 11.6 Å². The summed E-state index contributed by atoms with van der Waals surface area (Å²) < 4.78 is 23.4. The van der Waals surface area contributed by atoms with Crippen molar-refractivity contribution in [2.75, 3.05) is 11.6 Å². The molecular formula is C3H8ClNO2S2. The molecule has 0 aliphatic carbocycles. The Morgan fingerprint density at radius 2 is 2.22 bits per heavy atom. The molecule has 0 fully saturated rings. The second-order valence-electron chi connectivity index (χ2n) is 1.30. The molecule has 6 heteroatoms. The van der Waals surface area contributed by atoms with Crippen LogP contribution in [0.1, 0.15) is 6.92 Å². The highest BCUT2D eigenvalue weighted by molar-refractivity contribution is 8.21. The van der Waals surface area contributed by atoms with Crippen molar-refractivity contribution < 1.29 is 8.42 Å². The van der Waals surface area contributed by atoms with Gasteiger partial charge >= 0.3 is 0 Å². The number of rotatable bonds is 4. The Morgan fingerprint density at radius 1 is 1.67 bits per heavy atom. The van der Waals surface area contributed by atoms with Crippen molar-refractivity contribution in [2.45, 2.75) is 6.92 Å². The van der Waals surface area contributed by atoms with E-state index in [0.29, 0.717) is 0 Å². The molecule has 56 valence electrons. The molecule has 0 aromatic heterocycles. The molecule has 0 aromatic rings. The summed E-state index contributed by atoms with van der Waals surface area (Å²) in [7, 11) is 3.04. The van der Waals surface area contributed by atoms with E-state index in [1.807, 2.05) is 0 Å². The second kappa shape index (κ2) is 4.38. The topological polar surface area (TPSA) is 46.2 Å². The molecule has 0 saturated heterocycles. The summed E-state index contributed by atoms with van der Waals surface area (Å²) in [6, 6.07) is 0. The van der Waals surface area contributed by atoms with Gasteiger partial charge in [0.15, 0.2) is 0 Å². The first-order valence-corrected chi connectivity index (χ1v) is 5.79. The molecular weight excluding hydrogens is 182 g/mol. The van der Waals surface area contributed by atoms with Crippen molar-refractivity contribution in [1.82, 2.24) is 4.72 Å². The Kier molecular flexibility index (Phi) is 4.65. The van der Waals surface area contributed by atoms with E-state index in [4.69, 9.17) is 10.7 Å². The summed E-state index contributed by atoms with van der Waals surface area (Å²) >= 11 is 0. The summed E-state index contributed by atoms with van der Waals surface area (Å²) in [6.07, 6.45) is 0. The average molecular weight is 190 g/mol. The highest BCUT2D eigenvalue weighted by Crippen LogP contribution is 2.02. The van der Waals surface area contributed by atoms with Crippen molar-refractivity contribution in [3.8, 4) is 0 Å². The van der Waals surface area contributed by atoms with Gasteiger partial charge in [0.25, 0.3) is 0 Å². The number of hydrogen-bond donors (Lipinski definition) is 1. The number of halogens is 1. The van der Waals surface area contributed by atoms with Crippen molar-refractivity contribution in [3.63, 3.8) is 0 Å². The number of hydrogen-bond acceptors (Lipinski definition) is 3. The van der Waals surface area contributed by atoms with Gasteiger partial charge in [0.1, 0.15) is 0 Å². The third-order valence-electron chi connectivity index (χ3n) is 0.713. The summed E-state index contributed by atoms with van der Waals surface area (Å²) in [5.41, 5.74) is 0. The highest BCUT2D eigenvalue weighted by Gasteiger charge is 2.02. The van der Waals surface area contributed by atoms with Gasteiger partial charge in [-0.05, 0) is 28.6 Å². The maximum Gasteiger partial charge on any atom is 0.212 e. The van der Waals surface area contributed by atoms with Gasteiger partial charge < -0.3 is 0 Å². The molecule has 9 heavy (non-hydrogen) atoms. The quantitative estimate of drug-likeness (QED) is 0.665. The standard InChI is InChI=1S/C3H8ClNO2S2/c1-2-9(6,7)5-3-8-4/h5H,2-3H2,1H3. The predicted octanol–water partition coefficient (Wildman–Crippen LogP) is 0.770. The average Bonchev–Trinajstić information content (AvgIpc) is 1.84. The van der Waals surface area contributed by atoms with E-state index in [1.54, 1.807) is 6.92 Å². The van der Waals surface area contributed by atoms with Crippen molar-refractivity contribution in [3.05, 3.63) is 0 Å². The van der Waals surface area contributed by atoms with E-state index in [0.717, 1.165) is 11.0 Å². The monoisotopic (exact) mass is 189 g/mol. The van der Waals surface area contributed by atoms with Crippen molar-refractivity contribution >= 4 is 31.7 Å². The Balaban J connectivity index is 3.61. The molecule has 0 amide bonds. The van der Waals surface area contributed by atoms with Crippen LogP contribution in [0.3, 0.4) is 0 Å². The molecule has 0 unspecified atom stereocenters. The van der Waals surface area contributed by atoms with E-state index < -0.39 is 10.0 Å². The van der Waals surface area contributed by atoms with Crippen molar-refractivity contribution in [1.29, 1.82) is 0 Å². The van der Waals surface area contributed by atoms with Gasteiger partial charge in [-0.25, -0.2) is 13.1 Å². The maximum atomic E-state index is 10.6. The lowest BCUT2D eigenvalue weighted by Crippen LogP contribution is -2.24. The Morgan fingerprint density at radius 3 is 2.56 bits per heavy atom. The maximum absolute atomic E-state index is 10.6. The number of nitrogens with one attached hydrogen (secondary N) is 1. The first kappa shape index (κ1) is 9.55. The lowest BCUT2D eigenvalue weighted by molar-refractivity contribution is 0.588. The van der Waals surface area contributed by atoms with Crippen LogP contribution in [0.25, 0.3) is 0 Å². The predicted molar refractivity (Wildman–Crippen MR) is 40.9 cm³/mol. The fourth-order valence-corrected chi connectivity index (χ4v) is 1.72. The summed E-state index contributed by atoms with van der Waals surface area (Å²) in [6.45, 7) is 1.57. The molecule has 3 nitrogen and oxygen atoms in total. The molecule has 0 saturated carbocycles. The van der Waals surface area contributed by atoms with Gasteiger partial charge in [0.05, 0.1) is 11.6 Å². The first-order valence-electron chi connectivity index (χ1n) is 2.33. The van der Waals surface area contributed by atoms with Gasteiger partial charge in [-0.3, -0.25) is 0 Å². The molecule has 0 radical (unpaired) electrons. The van der Waals surface area contributed by atoms with Crippen molar-refractivity contribution in [2.24, 2.45) is 0 Å². The Hall–Kier alpha value is 0.550. The Labute approximate surface area is 63.7 Å². The van der Waals surface area contributed by atoms with Crippen LogP contribution in [0.4, 0.5) is 0 Å². The summed E-state index contributed by atoms with van der Waals surface area (Å²) in [4.78, 5) is 0. The summed E-state index contributed by atoms with van der Waals surface area (Å²) in [5.74, 6) is 0.335. The molecule has 0 aliphatic heterocycles. The van der Waals surface area contributed by atoms with Gasteiger partial charge in [0, 0.05) is 0 Å². The molecule has 1 N–H and O–H groups in total. The fraction of sp³-hybridized carbons (Fsp3) is 1.00. The third kappa shape index (κ3) is 5.02. The molecule has 0 rings (SSSR count). The lowest BCUT2D eigenvalue weighted by atomic mass is 11.0.